The Bertz CT molecular complexity index is 2590. The summed E-state index contributed by atoms with van der Waals surface area (Å²) >= 11 is 0. The van der Waals surface area contributed by atoms with Gasteiger partial charge < -0.3 is 9.30 Å². The Morgan fingerprint density at radius 1 is 0.465 bits per heavy atom. The monoisotopic (exact) mass is 550 g/mol. The summed E-state index contributed by atoms with van der Waals surface area (Å²) in [6, 6.07) is 46.5. The fourth-order valence-corrected chi connectivity index (χ4v) is 6.96. The van der Waals surface area contributed by atoms with Crippen LogP contribution >= 0.6 is 0 Å². The van der Waals surface area contributed by atoms with E-state index in [4.69, 9.17) is 14.7 Å². The van der Waals surface area contributed by atoms with Crippen molar-refractivity contribution in [3.8, 4) is 34.4 Å². The number of para-hydroxylation sites is 4. The van der Waals surface area contributed by atoms with E-state index >= 15 is 0 Å². The van der Waals surface area contributed by atoms with E-state index in [9.17, 15) is 0 Å². The van der Waals surface area contributed by atoms with Gasteiger partial charge >= 0.3 is 0 Å². The third-order valence-electron chi connectivity index (χ3n) is 8.72. The molecule has 0 amide bonds. The molecule has 1 aliphatic rings. The average Bonchev–Trinajstić information content (AvgIpc) is 3.58. The number of aromatic nitrogens is 4. The molecule has 5 nitrogen and oxygen atoms in total. The summed E-state index contributed by atoms with van der Waals surface area (Å²) in [4.78, 5) is 10.4. The van der Waals surface area contributed by atoms with E-state index in [1.807, 2.05) is 36.4 Å². The zero-order valence-electron chi connectivity index (χ0n) is 22.9. The molecule has 1 aliphatic heterocycles. The predicted octanol–water partition coefficient (Wildman–Crippen LogP) is 9.60. The van der Waals surface area contributed by atoms with Crippen molar-refractivity contribution in [1.29, 1.82) is 0 Å². The molecule has 9 aromatic rings. The van der Waals surface area contributed by atoms with Crippen LogP contribution in [0.5, 0.6) is 11.5 Å². The summed E-state index contributed by atoms with van der Waals surface area (Å²) in [6.07, 6.45) is 0. The summed E-state index contributed by atoms with van der Waals surface area (Å²) in [5.74, 6) is 2.24. The molecular formula is C38H22N4O. The van der Waals surface area contributed by atoms with Crippen LogP contribution in [0.3, 0.4) is 0 Å². The molecule has 0 saturated heterocycles. The van der Waals surface area contributed by atoms with Gasteiger partial charge in [0, 0.05) is 32.8 Å². The van der Waals surface area contributed by atoms with Gasteiger partial charge in [-0.25, -0.2) is 9.97 Å². The van der Waals surface area contributed by atoms with Crippen molar-refractivity contribution in [3.05, 3.63) is 133 Å². The van der Waals surface area contributed by atoms with Crippen molar-refractivity contribution in [2.75, 3.05) is 0 Å². The van der Waals surface area contributed by atoms with Crippen LogP contribution < -0.4 is 4.74 Å². The van der Waals surface area contributed by atoms with Gasteiger partial charge in [0.25, 0.3) is 0 Å². The lowest BCUT2D eigenvalue weighted by molar-refractivity contribution is 0.486. The van der Waals surface area contributed by atoms with Gasteiger partial charge in [0.05, 0.1) is 38.7 Å². The minimum absolute atomic E-state index is 0.643. The number of hydrogen-bond donors (Lipinski definition) is 0. The van der Waals surface area contributed by atoms with Crippen molar-refractivity contribution >= 4 is 54.5 Å². The fraction of sp³-hybridized carbons (Fsp3) is 0. The fourth-order valence-electron chi connectivity index (χ4n) is 6.96. The van der Waals surface area contributed by atoms with E-state index in [-0.39, 0.29) is 0 Å². The Morgan fingerprint density at radius 3 is 2.07 bits per heavy atom. The van der Waals surface area contributed by atoms with Crippen LogP contribution in [0.15, 0.2) is 133 Å². The Kier molecular flexibility index (Phi) is 4.39. The lowest BCUT2D eigenvalue weighted by atomic mass is 10.0. The minimum Gasteiger partial charge on any atom is -0.456 e. The van der Waals surface area contributed by atoms with E-state index in [1.54, 1.807) is 0 Å². The number of ether oxygens (including phenoxy) is 1. The smallest absolute Gasteiger partial charge is 0.235 e. The lowest BCUT2D eigenvalue weighted by Crippen LogP contribution is -2.06. The van der Waals surface area contributed by atoms with Crippen LogP contribution in [-0.2, 0) is 0 Å². The van der Waals surface area contributed by atoms with Crippen LogP contribution in [0.25, 0.3) is 77.4 Å². The molecule has 0 atom stereocenters. The predicted molar refractivity (Wildman–Crippen MR) is 174 cm³/mol. The summed E-state index contributed by atoms with van der Waals surface area (Å²) in [5.41, 5.74) is 8.36. The first kappa shape index (κ1) is 22.7. The summed E-state index contributed by atoms with van der Waals surface area (Å²) in [7, 11) is 0. The normalized spacial score (nSPS) is 12.4. The molecule has 5 heteroatoms. The Morgan fingerprint density at radius 2 is 1.19 bits per heavy atom. The number of benzene rings is 6. The number of hydrogen-bond acceptors (Lipinski definition) is 3. The molecule has 4 heterocycles. The SMILES string of the molecule is c1ccc(-n2c3ccccc3c3ccc4c(c5ccccc5n4-c4nc5c6c(cccc6n4)Oc4ccccc4-5)c32)cc1. The van der Waals surface area contributed by atoms with Gasteiger partial charge in [-0.05, 0) is 54.6 Å². The summed E-state index contributed by atoms with van der Waals surface area (Å²) in [6.45, 7) is 0. The maximum absolute atomic E-state index is 6.26. The van der Waals surface area contributed by atoms with Crippen molar-refractivity contribution in [2.45, 2.75) is 0 Å². The van der Waals surface area contributed by atoms with Crippen LogP contribution in [0.1, 0.15) is 0 Å². The molecule has 3 aromatic heterocycles. The summed E-state index contributed by atoms with van der Waals surface area (Å²) < 4.78 is 10.9. The van der Waals surface area contributed by atoms with Gasteiger partial charge in [-0.1, -0.05) is 78.9 Å². The lowest BCUT2D eigenvalue weighted by Gasteiger charge is -2.20. The van der Waals surface area contributed by atoms with E-state index < -0.39 is 0 Å². The van der Waals surface area contributed by atoms with Crippen LogP contribution in [0.2, 0.25) is 0 Å². The second kappa shape index (κ2) is 8.30. The van der Waals surface area contributed by atoms with Crippen LogP contribution in [0, 0.1) is 0 Å². The molecule has 10 rings (SSSR count). The maximum Gasteiger partial charge on any atom is 0.235 e. The maximum atomic E-state index is 6.26. The molecule has 0 aliphatic carbocycles. The van der Waals surface area contributed by atoms with Crippen molar-refractivity contribution in [2.24, 2.45) is 0 Å². The summed E-state index contributed by atoms with van der Waals surface area (Å²) in [5, 5.41) is 5.74. The Hall–Kier alpha value is -5.94. The highest BCUT2D eigenvalue weighted by molar-refractivity contribution is 6.26. The molecule has 0 bridgehead atoms. The van der Waals surface area contributed by atoms with Gasteiger partial charge in [0.2, 0.25) is 5.95 Å². The van der Waals surface area contributed by atoms with Gasteiger partial charge in [-0.15, -0.1) is 0 Å². The van der Waals surface area contributed by atoms with Crippen LogP contribution in [0.4, 0.5) is 0 Å². The Labute approximate surface area is 245 Å². The standard InChI is InChI=1S/C38H22N4O/c1-2-11-23(12-3-1)41-29-17-7-4-13-24(29)25-21-22-31-34(37(25)41)26-14-5-8-18-30(26)42(31)38-39-28-16-10-20-33-35(28)36(40-38)27-15-6-9-19-32(27)43-33/h1-22H. The number of nitrogens with zero attached hydrogens (tertiary/aromatic N) is 4. The van der Waals surface area contributed by atoms with Gasteiger partial charge in [-0.3, -0.25) is 4.57 Å². The molecule has 200 valence electrons. The molecule has 43 heavy (non-hydrogen) atoms. The topological polar surface area (TPSA) is 44.9 Å². The van der Waals surface area contributed by atoms with E-state index in [0.717, 1.165) is 55.8 Å². The number of rotatable bonds is 2. The first-order valence-corrected chi connectivity index (χ1v) is 14.4. The van der Waals surface area contributed by atoms with E-state index in [1.165, 1.54) is 27.2 Å². The largest absolute Gasteiger partial charge is 0.456 e. The zero-order valence-corrected chi connectivity index (χ0v) is 22.9. The Balaban J connectivity index is 1.38. The molecule has 0 fully saturated rings. The quantitative estimate of drug-likeness (QED) is 0.215. The number of fused-ring (bicyclic) bond motifs is 9. The molecule has 0 saturated carbocycles. The first-order valence-electron chi connectivity index (χ1n) is 14.4. The second-order valence-electron chi connectivity index (χ2n) is 11.0. The van der Waals surface area contributed by atoms with Crippen molar-refractivity contribution in [3.63, 3.8) is 0 Å². The zero-order chi connectivity index (χ0) is 28.1. The van der Waals surface area contributed by atoms with Crippen molar-refractivity contribution < 1.29 is 4.74 Å². The highest BCUT2D eigenvalue weighted by atomic mass is 16.5. The molecule has 0 unspecified atom stereocenters. The molecule has 0 spiro atoms. The van der Waals surface area contributed by atoms with Crippen molar-refractivity contribution in [1.82, 2.24) is 19.1 Å². The van der Waals surface area contributed by atoms with Gasteiger partial charge in [0.1, 0.15) is 11.5 Å². The molecule has 0 radical (unpaired) electrons. The third-order valence-corrected chi connectivity index (χ3v) is 8.72. The van der Waals surface area contributed by atoms with Gasteiger partial charge in [-0.2, -0.15) is 0 Å². The minimum atomic E-state index is 0.643. The van der Waals surface area contributed by atoms with Crippen LogP contribution in [-0.4, -0.2) is 19.1 Å². The van der Waals surface area contributed by atoms with E-state index in [0.29, 0.717) is 5.95 Å². The van der Waals surface area contributed by atoms with E-state index in [2.05, 4.69) is 106 Å². The second-order valence-corrected chi connectivity index (χ2v) is 11.0. The third kappa shape index (κ3) is 3.00. The highest BCUT2D eigenvalue weighted by Gasteiger charge is 2.25. The van der Waals surface area contributed by atoms with Gasteiger partial charge in [0.15, 0.2) is 0 Å². The first-order chi connectivity index (χ1) is 21.3. The molecular weight excluding hydrogens is 528 g/mol. The molecule has 6 aromatic carbocycles. The molecule has 0 N–H and O–H groups in total. The highest BCUT2D eigenvalue weighted by Crippen LogP contribution is 2.46. The average molecular weight is 551 g/mol.